The van der Waals surface area contributed by atoms with Crippen molar-refractivity contribution in [2.45, 2.75) is 0 Å². The maximum atomic E-state index is 10.5. The van der Waals surface area contributed by atoms with Crippen LogP contribution in [-0.4, -0.2) is 29.5 Å². The number of carbonyl (C=O) groups is 1. The second-order valence-electron chi connectivity index (χ2n) is 1.84. The van der Waals surface area contributed by atoms with Gasteiger partial charge in [-0.2, -0.15) is 5.10 Å². The van der Waals surface area contributed by atoms with Crippen molar-refractivity contribution in [1.29, 1.82) is 0 Å². The number of hydrogen-bond acceptors (Lipinski definition) is 4. The molecule has 0 saturated heterocycles. The zero-order valence-electron chi connectivity index (χ0n) is 6.44. The Balaban J connectivity index is 2.37. The van der Waals surface area contributed by atoms with Crippen LogP contribution in [0.25, 0.3) is 0 Å². The molecule has 1 aromatic heterocycles. The van der Waals surface area contributed by atoms with E-state index in [-0.39, 0.29) is 0 Å². The molecule has 2 radical (unpaired) electrons. The van der Waals surface area contributed by atoms with E-state index in [9.17, 15) is 4.79 Å². The van der Waals surface area contributed by atoms with Gasteiger partial charge in [-0.1, -0.05) is 0 Å². The number of aliphatic imine (C=N–C) groups is 1. The molecule has 1 N–H and O–H groups in total. The molecule has 1 heterocycles. The molecule has 0 fully saturated rings. The lowest BCUT2D eigenvalue weighted by Gasteiger charge is -1.89. The van der Waals surface area contributed by atoms with Gasteiger partial charge in [-0.15, -0.1) is 0 Å². The van der Waals surface area contributed by atoms with Crippen LogP contribution in [0.1, 0.15) is 0 Å². The molecule has 0 aliphatic carbocycles. The Labute approximate surface area is 69.5 Å². The summed E-state index contributed by atoms with van der Waals surface area (Å²) >= 11 is 0. The Hall–Kier alpha value is -1.65. The van der Waals surface area contributed by atoms with E-state index in [4.69, 9.17) is 0 Å². The highest BCUT2D eigenvalue weighted by molar-refractivity contribution is 5.98. The predicted molar refractivity (Wildman–Crippen MR) is 42.0 cm³/mol. The summed E-state index contributed by atoms with van der Waals surface area (Å²) in [6, 6.07) is 1.66. The van der Waals surface area contributed by atoms with Gasteiger partial charge in [0.1, 0.15) is 12.2 Å². The zero-order valence-corrected chi connectivity index (χ0v) is 6.44. The second kappa shape index (κ2) is 4.27. The average Bonchev–Trinajstić information content (AvgIpc) is 2.57. The largest absolute Gasteiger partial charge is 0.468 e. The highest BCUT2D eigenvalue weighted by Crippen LogP contribution is 2.02. The molecule has 5 nitrogen and oxygen atoms in total. The molecule has 0 atom stereocenters. The van der Waals surface area contributed by atoms with Crippen LogP contribution < -0.4 is 0 Å². The molecule has 0 saturated carbocycles. The number of esters is 1. The molecule has 1 aromatic rings. The lowest BCUT2D eigenvalue weighted by Crippen LogP contribution is -2.00. The number of carbonyl (C=O) groups excluding carboxylic acids is 1. The molecule has 0 unspecified atom stereocenters. The van der Waals surface area contributed by atoms with Crippen molar-refractivity contribution in [2.75, 3.05) is 7.11 Å². The topological polar surface area (TPSA) is 67.3 Å². The van der Waals surface area contributed by atoms with Crippen molar-refractivity contribution in [1.82, 2.24) is 10.2 Å². The summed E-state index contributed by atoms with van der Waals surface area (Å²) in [7, 11) is 1.28. The van der Waals surface area contributed by atoms with E-state index in [1.54, 1.807) is 12.3 Å². The van der Waals surface area contributed by atoms with Crippen molar-refractivity contribution in [3.8, 4) is 0 Å². The van der Waals surface area contributed by atoms with Crippen molar-refractivity contribution in [2.24, 2.45) is 4.99 Å². The molecule has 0 aliphatic rings. The summed E-state index contributed by atoms with van der Waals surface area (Å²) in [5.41, 5.74) is 0. The van der Waals surface area contributed by atoms with Gasteiger partial charge >= 0.3 is 5.97 Å². The van der Waals surface area contributed by atoms with Crippen LogP contribution in [0.4, 0.5) is 5.82 Å². The van der Waals surface area contributed by atoms with Gasteiger partial charge in [0.05, 0.1) is 13.3 Å². The van der Waals surface area contributed by atoms with E-state index < -0.39 is 5.97 Å². The van der Waals surface area contributed by atoms with E-state index in [1.807, 2.05) is 0 Å². The molecule has 0 aromatic carbocycles. The number of aromatic amines is 1. The molecular weight excluding hydrogens is 158 g/mol. The zero-order chi connectivity index (χ0) is 8.81. The fraction of sp³-hybridized carbons (Fsp3) is 0.143. The quantitative estimate of drug-likeness (QED) is 0.519. The Bertz CT molecular complexity index is 266. The van der Waals surface area contributed by atoms with Gasteiger partial charge < -0.3 is 4.74 Å². The Morgan fingerprint density at radius 2 is 2.75 bits per heavy atom. The van der Waals surface area contributed by atoms with Crippen LogP contribution in [0.15, 0.2) is 17.3 Å². The molecule has 5 heteroatoms. The van der Waals surface area contributed by atoms with Crippen LogP contribution >= 0.6 is 0 Å². The third-order valence-corrected chi connectivity index (χ3v) is 1.06. The van der Waals surface area contributed by atoms with Gasteiger partial charge in [0.2, 0.25) is 0 Å². The van der Waals surface area contributed by atoms with Crippen molar-refractivity contribution >= 4 is 18.0 Å². The molecule has 12 heavy (non-hydrogen) atoms. The average molecular weight is 165 g/mol. The molecule has 62 valence electrons. The van der Waals surface area contributed by atoms with Gasteiger partial charge in [-0.25, -0.2) is 4.99 Å². The van der Waals surface area contributed by atoms with E-state index in [0.29, 0.717) is 5.82 Å². The van der Waals surface area contributed by atoms with E-state index in [0.717, 1.165) is 0 Å². The SMILES string of the molecule is COC(=O)[C]/C=N/c1ccn[nH]1. The maximum Gasteiger partial charge on any atom is 0.320 e. The molecule has 0 aliphatic heterocycles. The number of H-pyrrole nitrogens is 1. The smallest absolute Gasteiger partial charge is 0.320 e. The monoisotopic (exact) mass is 165 g/mol. The van der Waals surface area contributed by atoms with E-state index in [2.05, 4.69) is 26.3 Å². The number of methoxy groups -OCH3 is 1. The van der Waals surface area contributed by atoms with Crippen molar-refractivity contribution < 1.29 is 9.53 Å². The second-order valence-corrected chi connectivity index (χ2v) is 1.84. The van der Waals surface area contributed by atoms with Crippen LogP contribution in [-0.2, 0) is 9.53 Å². The van der Waals surface area contributed by atoms with Gasteiger partial charge in [-0.3, -0.25) is 9.89 Å². The van der Waals surface area contributed by atoms with Gasteiger partial charge in [-0.05, 0) is 0 Å². The van der Waals surface area contributed by atoms with Gasteiger partial charge in [0.25, 0.3) is 0 Å². The van der Waals surface area contributed by atoms with Gasteiger partial charge in [0.15, 0.2) is 0 Å². The number of hydrogen-bond donors (Lipinski definition) is 1. The van der Waals surface area contributed by atoms with Crippen LogP contribution in [0.2, 0.25) is 0 Å². The van der Waals surface area contributed by atoms with Crippen LogP contribution in [0, 0.1) is 6.42 Å². The van der Waals surface area contributed by atoms with E-state index in [1.165, 1.54) is 13.3 Å². The Kier molecular flexibility index (Phi) is 3.01. The Morgan fingerprint density at radius 1 is 1.92 bits per heavy atom. The van der Waals surface area contributed by atoms with Crippen molar-refractivity contribution in [3.63, 3.8) is 0 Å². The van der Waals surface area contributed by atoms with E-state index >= 15 is 0 Å². The molecule has 0 amide bonds. The number of nitrogens with zero attached hydrogens (tertiary/aromatic N) is 2. The first-order chi connectivity index (χ1) is 5.83. The number of aromatic nitrogens is 2. The third kappa shape index (κ3) is 2.53. The summed E-state index contributed by atoms with van der Waals surface area (Å²) in [6.07, 6.45) is 5.05. The number of ether oxygens (including phenoxy) is 1. The normalized spacial score (nSPS) is 10.4. The minimum Gasteiger partial charge on any atom is -0.468 e. The highest BCUT2D eigenvalue weighted by atomic mass is 16.5. The standard InChI is InChI=1S/C7H7N3O2/c1-12-7(11)3-4-8-6-2-5-9-10-6/h2,4-5H,1H3,(H,9,10)/b8-4+. The summed E-state index contributed by atoms with van der Waals surface area (Å²) < 4.78 is 4.30. The summed E-state index contributed by atoms with van der Waals surface area (Å²) in [6.45, 7) is 0. The Morgan fingerprint density at radius 3 is 3.33 bits per heavy atom. The molecule has 0 bridgehead atoms. The number of rotatable bonds is 3. The first-order valence-corrected chi connectivity index (χ1v) is 3.19. The van der Waals surface area contributed by atoms with Crippen LogP contribution in [0.5, 0.6) is 0 Å². The highest BCUT2D eigenvalue weighted by Gasteiger charge is 1.96. The molecular formula is C7H7N3O2. The van der Waals surface area contributed by atoms with Crippen molar-refractivity contribution in [3.05, 3.63) is 18.7 Å². The molecule has 0 spiro atoms. The maximum absolute atomic E-state index is 10.5. The van der Waals surface area contributed by atoms with Gasteiger partial charge in [0, 0.05) is 12.3 Å². The summed E-state index contributed by atoms with van der Waals surface area (Å²) in [5.74, 6) is 0.00432. The first kappa shape index (κ1) is 8.45. The lowest BCUT2D eigenvalue weighted by atomic mass is 10.5. The number of nitrogens with one attached hydrogen (secondary N) is 1. The predicted octanol–water partition coefficient (Wildman–Crippen LogP) is 0.366. The summed E-state index contributed by atoms with van der Waals surface area (Å²) in [5, 5.41) is 6.25. The molecule has 1 rings (SSSR count). The minimum absolute atomic E-state index is 0.557. The minimum atomic E-state index is -0.557. The summed E-state index contributed by atoms with van der Waals surface area (Å²) in [4.78, 5) is 14.3. The van der Waals surface area contributed by atoms with Crippen LogP contribution in [0.3, 0.4) is 0 Å². The third-order valence-electron chi connectivity index (χ3n) is 1.06. The first-order valence-electron chi connectivity index (χ1n) is 3.19. The fourth-order valence-corrected chi connectivity index (χ4v) is 0.534. The fourth-order valence-electron chi connectivity index (χ4n) is 0.534. The lowest BCUT2D eigenvalue weighted by molar-refractivity contribution is -0.135.